The van der Waals surface area contributed by atoms with Crippen molar-refractivity contribution < 1.29 is 28.5 Å². The number of hydrogen-bond acceptors (Lipinski definition) is 6. The van der Waals surface area contributed by atoms with Gasteiger partial charge in [0, 0.05) is 6.07 Å². The van der Waals surface area contributed by atoms with Crippen molar-refractivity contribution in [3.05, 3.63) is 95.1 Å². The number of methoxy groups -OCH3 is 2. The first-order chi connectivity index (χ1) is 15.1. The minimum atomic E-state index is -0.600. The minimum absolute atomic E-state index is 0.120. The SMILES string of the molecule is COC(=O)Cc1cc(OCc2ccccc2)cc(OCc2ccccc2)c1C(=O)OC. The molecule has 0 fully saturated rings. The average molecular weight is 420 g/mol. The van der Waals surface area contributed by atoms with E-state index in [9.17, 15) is 9.59 Å². The maximum atomic E-state index is 12.5. The van der Waals surface area contributed by atoms with Crippen LogP contribution in [-0.2, 0) is 33.9 Å². The highest BCUT2D eigenvalue weighted by Gasteiger charge is 2.23. The Kier molecular flexibility index (Phi) is 7.65. The maximum Gasteiger partial charge on any atom is 0.341 e. The molecule has 0 N–H and O–H groups in total. The summed E-state index contributed by atoms with van der Waals surface area (Å²) in [5, 5.41) is 0. The van der Waals surface area contributed by atoms with E-state index in [1.165, 1.54) is 14.2 Å². The van der Waals surface area contributed by atoms with Gasteiger partial charge in [-0.3, -0.25) is 4.79 Å². The Labute approximate surface area is 181 Å². The summed E-state index contributed by atoms with van der Waals surface area (Å²) in [5.41, 5.74) is 2.51. The molecule has 0 saturated carbocycles. The van der Waals surface area contributed by atoms with Crippen LogP contribution in [0, 0.1) is 0 Å². The summed E-state index contributed by atoms with van der Waals surface area (Å²) in [5.74, 6) is -0.338. The van der Waals surface area contributed by atoms with E-state index >= 15 is 0 Å². The van der Waals surface area contributed by atoms with Crippen molar-refractivity contribution in [2.24, 2.45) is 0 Å². The molecule has 31 heavy (non-hydrogen) atoms. The third-order valence-electron chi connectivity index (χ3n) is 4.59. The predicted octanol–water partition coefficient (Wildman–Crippen LogP) is 4.35. The van der Waals surface area contributed by atoms with E-state index < -0.39 is 11.9 Å². The van der Waals surface area contributed by atoms with Crippen LogP contribution >= 0.6 is 0 Å². The highest BCUT2D eigenvalue weighted by molar-refractivity contribution is 5.95. The van der Waals surface area contributed by atoms with Gasteiger partial charge in [-0.1, -0.05) is 60.7 Å². The molecule has 0 amide bonds. The Balaban J connectivity index is 1.95. The van der Waals surface area contributed by atoms with Crippen molar-refractivity contribution in [2.75, 3.05) is 14.2 Å². The molecule has 0 aromatic heterocycles. The van der Waals surface area contributed by atoms with Gasteiger partial charge in [0.1, 0.15) is 30.3 Å². The van der Waals surface area contributed by atoms with Gasteiger partial charge in [-0.25, -0.2) is 4.79 Å². The largest absolute Gasteiger partial charge is 0.489 e. The molecule has 6 heteroatoms. The first kappa shape index (κ1) is 21.9. The highest BCUT2D eigenvalue weighted by Crippen LogP contribution is 2.31. The lowest BCUT2D eigenvalue weighted by Crippen LogP contribution is -2.14. The van der Waals surface area contributed by atoms with Crippen LogP contribution in [0.15, 0.2) is 72.8 Å². The number of benzene rings is 3. The first-order valence-corrected chi connectivity index (χ1v) is 9.76. The summed E-state index contributed by atoms with van der Waals surface area (Å²) in [4.78, 5) is 24.5. The molecule has 0 radical (unpaired) electrons. The highest BCUT2D eigenvalue weighted by atomic mass is 16.5. The molecule has 160 valence electrons. The standard InChI is InChI=1S/C25H24O6/c1-28-23(26)14-20-13-21(30-16-18-9-5-3-6-10-18)15-22(24(20)25(27)29-2)31-17-19-11-7-4-8-12-19/h3-13,15H,14,16-17H2,1-2H3. The van der Waals surface area contributed by atoms with E-state index in [1.54, 1.807) is 12.1 Å². The molecule has 3 rings (SSSR count). The maximum absolute atomic E-state index is 12.5. The molecule has 0 heterocycles. The summed E-state index contributed by atoms with van der Waals surface area (Å²) in [6, 6.07) is 22.5. The van der Waals surface area contributed by atoms with Crippen molar-refractivity contribution in [1.82, 2.24) is 0 Å². The van der Waals surface area contributed by atoms with Crippen LogP contribution in [0.1, 0.15) is 27.0 Å². The van der Waals surface area contributed by atoms with Crippen LogP contribution in [0.3, 0.4) is 0 Å². The van der Waals surface area contributed by atoms with Gasteiger partial charge in [-0.2, -0.15) is 0 Å². The van der Waals surface area contributed by atoms with Gasteiger partial charge in [0.05, 0.1) is 20.6 Å². The van der Waals surface area contributed by atoms with Crippen LogP contribution in [0.4, 0.5) is 0 Å². The summed E-state index contributed by atoms with van der Waals surface area (Å²) in [6.07, 6.45) is -0.120. The molecule has 0 aliphatic rings. The van der Waals surface area contributed by atoms with Crippen LogP contribution in [0.25, 0.3) is 0 Å². The molecular weight excluding hydrogens is 396 g/mol. The smallest absolute Gasteiger partial charge is 0.341 e. The van der Waals surface area contributed by atoms with Gasteiger partial charge in [-0.15, -0.1) is 0 Å². The molecule has 0 saturated heterocycles. The van der Waals surface area contributed by atoms with Crippen molar-refractivity contribution in [2.45, 2.75) is 19.6 Å². The summed E-state index contributed by atoms with van der Waals surface area (Å²) < 4.78 is 21.6. The van der Waals surface area contributed by atoms with Gasteiger partial charge in [0.15, 0.2) is 0 Å². The second kappa shape index (κ2) is 10.8. The van der Waals surface area contributed by atoms with E-state index in [1.807, 2.05) is 60.7 Å². The molecule has 3 aromatic rings. The van der Waals surface area contributed by atoms with Gasteiger partial charge in [0.25, 0.3) is 0 Å². The number of ether oxygens (including phenoxy) is 4. The Morgan fingerprint density at radius 1 is 0.742 bits per heavy atom. The van der Waals surface area contributed by atoms with E-state index in [0.29, 0.717) is 17.9 Å². The number of carbonyl (C=O) groups is 2. The van der Waals surface area contributed by atoms with Gasteiger partial charge >= 0.3 is 11.9 Å². The van der Waals surface area contributed by atoms with E-state index in [4.69, 9.17) is 18.9 Å². The number of rotatable bonds is 9. The first-order valence-electron chi connectivity index (χ1n) is 9.76. The molecule has 0 aliphatic heterocycles. The fourth-order valence-corrected chi connectivity index (χ4v) is 3.02. The second-order valence-electron chi connectivity index (χ2n) is 6.75. The Morgan fingerprint density at radius 3 is 1.87 bits per heavy atom. The van der Waals surface area contributed by atoms with Crippen molar-refractivity contribution in [3.63, 3.8) is 0 Å². The predicted molar refractivity (Wildman–Crippen MR) is 115 cm³/mol. The van der Waals surface area contributed by atoms with E-state index in [-0.39, 0.29) is 24.3 Å². The topological polar surface area (TPSA) is 71.1 Å². The molecule has 0 spiro atoms. The Hall–Kier alpha value is -3.80. The fourth-order valence-electron chi connectivity index (χ4n) is 3.02. The number of esters is 2. The monoisotopic (exact) mass is 420 g/mol. The summed E-state index contributed by atoms with van der Waals surface area (Å²) in [6.45, 7) is 0.568. The Bertz CT molecular complexity index is 1010. The molecule has 6 nitrogen and oxygen atoms in total. The minimum Gasteiger partial charge on any atom is -0.489 e. The number of hydrogen-bond donors (Lipinski definition) is 0. The van der Waals surface area contributed by atoms with Crippen LogP contribution in [-0.4, -0.2) is 26.2 Å². The zero-order valence-corrected chi connectivity index (χ0v) is 17.5. The third kappa shape index (κ3) is 6.09. The lowest BCUT2D eigenvalue weighted by atomic mass is 10.0. The van der Waals surface area contributed by atoms with Crippen molar-refractivity contribution >= 4 is 11.9 Å². The zero-order chi connectivity index (χ0) is 22.1. The quantitative estimate of drug-likeness (QED) is 0.480. The van der Waals surface area contributed by atoms with Gasteiger partial charge < -0.3 is 18.9 Å². The van der Waals surface area contributed by atoms with Crippen LogP contribution in [0.2, 0.25) is 0 Å². The second-order valence-corrected chi connectivity index (χ2v) is 6.75. The van der Waals surface area contributed by atoms with Crippen molar-refractivity contribution in [1.29, 1.82) is 0 Å². The Morgan fingerprint density at radius 2 is 1.32 bits per heavy atom. The molecular formula is C25H24O6. The lowest BCUT2D eigenvalue weighted by molar-refractivity contribution is -0.139. The summed E-state index contributed by atoms with van der Waals surface area (Å²) in [7, 11) is 2.58. The van der Waals surface area contributed by atoms with Crippen LogP contribution in [0.5, 0.6) is 11.5 Å². The van der Waals surface area contributed by atoms with Crippen LogP contribution < -0.4 is 9.47 Å². The number of carbonyl (C=O) groups excluding carboxylic acids is 2. The third-order valence-corrected chi connectivity index (χ3v) is 4.59. The van der Waals surface area contributed by atoms with Gasteiger partial charge in [-0.05, 0) is 22.8 Å². The zero-order valence-electron chi connectivity index (χ0n) is 17.5. The van der Waals surface area contributed by atoms with Gasteiger partial charge in [0.2, 0.25) is 0 Å². The molecule has 0 unspecified atom stereocenters. The lowest BCUT2D eigenvalue weighted by Gasteiger charge is -2.17. The molecule has 0 aliphatic carbocycles. The van der Waals surface area contributed by atoms with Crippen molar-refractivity contribution in [3.8, 4) is 11.5 Å². The van der Waals surface area contributed by atoms with E-state index in [2.05, 4.69) is 0 Å². The molecule has 0 atom stereocenters. The van der Waals surface area contributed by atoms with E-state index in [0.717, 1.165) is 11.1 Å². The molecule has 3 aromatic carbocycles. The molecule has 0 bridgehead atoms. The normalized spacial score (nSPS) is 10.3. The summed E-state index contributed by atoms with van der Waals surface area (Å²) >= 11 is 0. The fraction of sp³-hybridized carbons (Fsp3) is 0.200. The average Bonchev–Trinajstić information content (AvgIpc) is 2.82.